The lowest BCUT2D eigenvalue weighted by molar-refractivity contribution is 0.457. The SMILES string of the molecule is CCCn1nccc1C(Cc1cccc(F)c1F)NCC. The Kier molecular flexibility index (Phi) is 5.44. The van der Waals surface area contributed by atoms with Crippen molar-refractivity contribution in [3.05, 3.63) is 53.4 Å². The van der Waals surface area contributed by atoms with Gasteiger partial charge in [-0.3, -0.25) is 4.68 Å². The summed E-state index contributed by atoms with van der Waals surface area (Å²) in [6.45, 7) is 5.64. The van der Waals surface area contributed by atoms with Crippen molar-refractivity contribution in [3.63, 3.8) is 0 Å². The molecule has 0 saturated carbocycles. The molecule has 5 heteroatoms. The van der Waals surface area contributed by atoms with Crippen LogP contribution in [0.4, 0.5) is 8.78 Å². The first-order chi connectivity index (χ1) is 10.2. The largest absolute Gasteiger partial charge is 0.309 e. The Morgan fingerprint density at radius 1 is 1.24 bits per heavy atom. The lowest BCUT2D eigenvalue weighted by atomic mass is 10.0. The summed E-state index contributed by atoms with van der Waals surface area (Å²) >= 11 is 0. The molecule has 21 heavy (non-hydrogen) atoms. The normalized spacial score (nSPS) is 12.6. The molecule has 0 aliphatic heterocycles. The summed E-state index contributed by atoms with van der Waals surface area (Å²) in [7, 11) is 0. The molecule has 0 saturated heterocycles. The van der Waals surface area contributed by atoms with Gasteiger partial charge in [-0.2, -0.15) is 5.10 Å². The molecule has 0 spiro atoms. The maximum absolute atomic E-state index is 13.9. The van der Waals surface area contributed by atoms with Crippen LogP contribution in [-0.2, 0) is 13.0 Å². The molecule has 2 rings (SSSR count). The van der Waals surface area contributed by atoms with Gasteiger partial charge in [-0.05, 0) is 37.1 Å². The van der Waals surface area contributed by atoms with Gasteiger partial charge in [0.15, 0.2) is 11.6 Å². The van der Waals surface area contributed by atoms with Crippen LogP contribution in [0.5, 0.6) is 0 Å². The number of likely N-dealkylation sites (N-methyl/N-ethyl adjacent to an activating group) is 1. The van der Waals surface area contributed by atoms with E-state index in [2.05, 4.69) is 17.3 Å². The van der Waals surface area contributed by atoms with E-state index in [1.54, 1.807) is 18.3 Å². The van der Waals surface area contributed by atoms with Crippen LogP contribution in [0.2, 0.25) is 0 Å². The van der Waals surface area contributed by atoms with E-state index in [9.17, 15) is 8.78 Å². The molecular weight excluding hydrogens is 272 g/mol. The van der Waals surface area contributed by atoms with Crippen LogP contribution in [0.3, 0.4) is 0 Å². The molecule has 0 amide bonds. The van der Waals surface area contributed by atoms with Crippen molar-refractivity contribution in [2.75, 3.05) is 6.54 Å². The predicted molar refractivity (Wildman–Crippen MR) is 79.0 cm³/mol. The minimum atomic E-state index is -0.801. The van der Waals surface area contributed by atoms with E-state index in [4.69, 9.17) is 0 Å². The van der Waals surface area contributed by atoms with Crippen molar-refractivity contribution in [1.29, 1.82) is 0 Å². The quantitative estimate of drug-likeness (QED) is 0.847. The molecule has 1 aromatic heterocycles. The summed E-state index contributed by atoms with van der Waals surface area (Å²) in [6.07, 6.45) is 3.12. The van der Waals surface area contributed by atoms with Gasteiger partial charge in [0, 0.05) is 12.7 Å². The monoisotopic (exact) mass is 293 g/mol. The second kappa shape index (κ2) is 7.31. The number of aryl methyl sites for hydroxylation is 1. The number of rotatable bonds is 7. The molecule has 3 nitrogen and oxygen atoms in total. The average molecular weight is 293 g/mol. The highest BCUT2D eigenvalue weighted by Crippen LogP contribution is 2.21. The summed E-state index contributed by atoms with van der Waals surface area (Å²) in [6, 6.07) is 6.16. The van der Waals surface area contributed by atoms with Gasteiger partial charge in [0.2, 0.25) is 0 Å². The zero-order chi connectivity index (χ0) is 15.2. The van der Waals surface area contributed by atoms with Gasteiger partial charge >= 0.3 is 0 Å². The van der Waals surface area contributed by atoms with Crippen LogP contribution in [0, 0.1) is 11.6 Å². The second-order valence-electron chi connectivity index (χ2n) is 5.01. The first-order valence-electron chi connectivity index (χ1n) is 7.35. The number of nitrogens with one attached hydrogen (secondary N) is 1. The fraction of sp³-hybridized carbons (Fsp3) is 0.438. The number of aromatic nitrogens is 2. The molecule has 1 atom stereocenters. The van der Waals surface area contributed by atoms with E-state index in [1.807, 2.05) is 17.7 Å². The highest BCUT2D eigenvalue weighted by molar-refractivity contribution is 5.22. The fourth-order valence-corrected chi connectivity index (χ4v) is 2.49. The van der Waals surface area contributed by atoms with Crippen molar-refractivity contribution in [1.82, 2.24) is 15.1 Å². The zero-order valence-corrected chi connectivity index (χ0v) is 12.4. The van der Waals surface area contributed by atoms with Gasteiger partial charge in [0.1, 0.15) is 0 Å². The zero-order valence-electron chi connectivity index (χ0n) is 12.4. The summed E-state index contributed by atoms with van der Waals surface area (Å²) in [4.78, 5) is 0. The number of nitrogens with zero attached hydrogens (tertiary/aromatic N) is 2. The molecule has 114 valence electrons. The highest BCUT2D eigenvalue weighted by atomic mass is 19.2. The molecular formula is C16H21F2N3. The van der Waals surface area contributed by atoms with E-state index in [0.29, 0.717) is 12.0 Å². The Labute approximate surface area is 124 Å². The fourth-order valence-electron chi connectivity index (χ4n) is 2.49. The predicted octanol–water partition coefficient (Wildman–Crippen LogP) is 3.46. The third-order valence-corrected chi connectivity index (χ3v) is 3.45. The van der Waals surface area contributed by atoms with Crippen LogP contribution < -0.4 is 5.32 Å². The van der Waals surface area contributed by atoms with E-state index < -0.39 is 11.6 Å². The first-order valence-corrected chi connectivity index (χ1v) is 7.35. The van der Waals surface area contributed by atoms with Crippen LogP contribution >= 0.6 is 0 Å². The summed E-state index contributed by atoms with van der Waals surface area (Å²) in [5.74, 6) is -1.56. The van der Waals surface area contributed by atoms with Crippen molar-refractivity contribution < 1.29 is 8.78 Å². The molecule has 1 heterocycles. The van der Waals surface area contributed by atoms with E-state index in [1.165, 1.54) is 0 Å². The standard InChI is InChI=1S/C16H21F2N3/c1-3-10-21-15(8-9-20-21)14(19-4-2)11-12-6-5-7-13(17)16(12)18/h5-9,14,19H,3-4,10-11H2,1-2H3. The Balaban J connectivity index is 2.26. The van der Waals surface area contributed by atoms with Crippen LogP contribution in [0.1, 0.15) is 37.6 Å². The van der Waals surface area contributed by atoms with Crippen LogP contribution in [0.25, 0.3) is 0 Å². The second-order valence-corrected chi connectivity index (χ2v) is 5.01. The average Bonchev–Trinajstić information content (AvgIpc) is 2.92. The first kappa shape index (κ1) is 15.6. The molecule has 0 bridgehead atoms. The lowest BCUT2D eigenvalue weighted by Gasteiger charge is -2.20. The number of hydrogen-bond acceptors (Lipinski definition) is 2. The number of benzene rings is 1. The third-order valence-electron chi connectivity index (χ3n) is 3.45. The third kappa shape index (κ3) is 3.67. The van der Waals surface area contributed by atoms with E-state index in [-0.39, 0.29) is 6.04 Å². The Bertz CT molecular complexity index is 581. The van der Waals surface area contributed by atoms with E-state index in [0.717, 1.165) is 31.3 Å². The number of hydrogen-bond donors (Lipinski definition) is 1. The topological polar surface area (TPSA) is 29.9 Å². The van der Waals surface area contributed by atoms with Gasteiger partial charge in [-0.1, -0.05) is 26.0 Å². The molecule has 1 unspecified atom stereocenters. The lowest BCUT2D eigenvalue weighted by Crippen LogP contribution is -2.26. The molecule has 2 aromatic rings. The Hall–Kier alpha value is -1.75. The van der Waals surface area contributed by atoms with Gasteiger partial charge in [-0.25, -0.2) is 8.78 Å². The number of halogens is 2. The Morgan fingerprint density at radius 3 is 2.76 bits per heavy atom. The minimum absolute atomic E-state index is 0.0830. The van der Waals surface area contributed by atoms with Gasteiger partial charge < -0.3 is 5.32 Å². The molecule has 0 radical (unpaired) electrons. The highest BCUT2D eigenvalue weighted by Gasteiger charge is 2.18. The molecule has 0 fully saturated rings. The van der Waals surface area contributed by atoms with Gasteiger partial charge in [0.25, 0.3) is 0 Å². The van der Waals surface area contributed by atoms with Crippen LogP contribution in [0.15, 0.2) is 30.5 Å². The maximum atomic E-state index is 13.9. The maximum Gasteiger partial charge on any atom is 0.162 e. The van der Waals surface area contributed by atoms with Gasteiger partial charge in [0.05, 0.1) is 11.7 Å². The van der Waals surface area contributed by atoms with Crippen molar-refractivity contribution in [2.24, 2.45) is 0 Å². The van der Waals surface area contributed by atoms with Crippen LogP contribution in [-0.4, -0.2) is 16.3 Å². The molecule has 0 aliphatic carbocycles. The summed E-state index contributed by atoms with van der Waals surface area (Å²) in [5, 5.41) is 7.63. The molecule has 1 N–H and O–H groups in total. The van der Waals surface area contributed by atoms with Crippen molar-refractivity contribution in [3.8, 4) is 0 Å². The van der Waals surface area contributed by atoms with Crippen molar-refractivity contribution in [2.45, 2.75) is 39.3 Å². The summed E-state index contributed by atoms with van der Waals surface area (Å²) < 4.78 is 29.1. The molecule has 1 aromatic carbocycles. The minimum Gasteiger partial charge on any atom is -0.309 e. The Morgan fingerprint density at radius 2 is 2.05 bits per heavy atom. The molecule has 0 aliphatic rings. The van der Waals surface area contributed by atoms with Gasteiger partial charge in [-0.15, -0.1) is 0 Å². The van der Waals surface area contributed by atoms with E-state index >= 15 is 0 Å². The summed E-state index contributed by atoms with van der Waals surface area (Å²) in [5.41, 5.74) is 1.38. The smallest absolute Gasteiger partial charge is 0.162 e. The van der Waals surface area contributed by atoms with Crippen molar-refractivity contribution >= 4 is 0 Å².